The van der Waals surface area contributed by atoms with E-state index < -0.39 is 29.5 Å². The molecule has 1 aromatic carbocycles. The lowest BCUT2D eigenvalue weighted by atomic mass is 10.1. The molecule has 0 unspecified atom stereocenters. The van der Waals surface area contributed by atoms with Crippen molar-refractivity contribution in [2.45, 2.75) is 65.2 Å². The second-order valence-electron chi connectivity index (χ2n) is 8.23. The number of alkyl carbamates (subject to hydrolysis) is 1. The van der Waals surface area contributed by atoms with E-state index in [1.54, 1.807) is 65.8 Å². The summed E-state index contributed by atoms with van der Waals surface area (Å²) in [6.07, 6.45) is -1.23. The zero-order valence-electron chi connectivity index (χ0n) is 17.5. The first-order chi connectivity index (χ1) is 12.8. The highest BCUT2D eigenvalue weighted by atomic mass is 16.7. The zero-order valence-corrected chi connectivity index (χ0v) is 17.5. The monoisotopic (exact) mass is 394 g/mol. The maximum absolute atomic E-state index is 12.1. The van der Waals surface area contributed by atoms with Crippen molar-refractivity contribution in [3.63, 3.8) is 0 Å². The zero-order chi connectivity index (χ0) is 21.5. The molecule has 0 radical (unpaired) electrons. The number of rotatable bonds is 5. The summed E-state index contributed by atoms with van der Waals surface area (Å²) in [5.74, 6) is -0.0328. The molecule has 1 atom stereocenters. The standard InChI is InChI=1S/C20H30N2O6/c1-19(2,3)27-17(24)22-15(16(23)21-7)12-13-8-10-14(11-9-13)26-18(25)28-20(4,5)6/h8-11,15H,12H2,1-7H3,(H,21,23)(H,22,24)/t15-/m0/s1. The van der Waals surface area contributed by atoms with Crippen molar-refractivity contribution >= 4 is 18.2 Å². The summed E-state index contributed by atoms with van der Waals surface area (Å²) in [7, 11) is 1.49. The average molecular weight is 394 g/mol. The van der Waals surface area contributed by atoms with Gasteiger partial charge in [0.25, 0.3) is 0 Å². The van der Waals surface area contributed by atoms with Crippen LogP contribution in [-0.4, -0.2) is 42.4 Å². The van der Waals surface area contributed by atoms with E-state index in [1.807, 2.05) is 0 Å². The number of carbonyl (C=O) groups is 3. The van der Waals surface area contributed by atoms with E-state index in [0.717, 1.165) is 5.56 Å². The fourth-order valence-corrected chi connectivity index (χ4v) is 2.13. The fraction of sp³-hybridized carbons (Fsp3) is 0.550. The maximum atomic E-state index is 12.1. The summed E-state index contributed by atoms with van der Waals surface area (Å²) in [6, 6.07) is 5.78. The van der Waals surface area contributed by atoms with Crippen molar-refractivity contribution in [2.75, 3.05) is 7.05 Å². The maximum Gasteiger partial charge on any atom is 0.514 e. The Hall–Kier alpha value is -2.77. The summed E-state index contributed by atoms with van der Waals surface area (Å²) in [5.41, 5.74) is -0.551. The van der Waals surface area contributed by atoms with Gasteiger partial charge in [0.05, 0.1) is 0 Å². The van der Waals surface area contributed by atoms with Gasteiger partial charge in [0, 0.05) is 13.5 Å². The molecule has 0 aliphatic rings. The molecule has 2 amide bonds. The largest absolute Gasteiger partial charge is 0.514 e. The van der Waals surface area contributed by atoms with Gasteiger partial charge in [-0.2, -0.15) is 0 Å². The molecule has 8 heteroatoms. The number of amides is 2. The van der Waals surface area contributed by atoms with Gasteiger partial charge in [0.1, 0.15) is 23.0 Å². The molecule has 0 aliphatic carbocycles. The highest BCUT2D eigenvalue weighted by Crippen LogP contribution is 2.16. The molecule has 1 rings (SSSR count). The molecule has 2 N–H and O–H groups in total. The van der Waals surface area contributed by atoms with E-state index in [0.29, 0.717) is 5.75 Å². The van der Waals surface area contributed by atoms with Gasteiger partial charge in [0.15, 0.2) is 0 Å². The van der Waals surface area contributed by atoms with Gasteiger partial charge in [-0.25, -0.2) is 9.59 Å². The van der Waals surface area contributed by atoms with Gasteiger partial charge in [-0.1, -0.05) is 12.1 Å². The van der Waals surface area contributed by atoms with Gasteiger partial charge >= 0.3 is 12.2 Å². The molecule has 8 nitrogen and oxygen atoms in total. The van der Waals surface area contributed by atoms with E-state index in [2.05, 4.69) is 10.6 Å². The van der Waals surface area contributed by atoms with Gasteiger partial charge in [0.2, 0.25) is 5.91 Å². The molecule has 0 spiro atoms. The van der Waals surface area contributed by atoms with Crippen LogP contribution in [0.2, 0.25) is 0 Å². The van der Waals surface area contributed by atoms with Gasteiger partial charge in [-0.3, -0.25) is 4.79 Å². The van der Waals surface area contributed by atoms with E-state index >= 15 is 0 Å². The Labute approximate surface area is 165 Å². The summed E-state index contributed by atoms with van der Waals surface area (Å²) < 4.78 is 15.4. The lowest BCUT2D eigenvalue weighted by molar-refractivity contribution is -0.122. The van der Waals surface area contributed by atoms with Crippen LogP contribution in [-0.2, 0) is 20.7 Å². The third-order valence-electron chi connectivity index (χ3n) is 3.21. The average Bonchev–Trinajstić information content (AvgIpc) is 2.51. The van der Waals surface area contributed by atoms with Crippen LogP contribution in [0.15, 0.2) is 24.3 Å². The Morgan fingerprint density at radius 3 is 1.93 bits per heavy atom. The van der Waals surface area contributed by atoms with Crippen molar-refractivity contribution in [1.29, 1.82) is 0 Å². The molecule has 0 aromatic heterocycles. The van der Waals surface area contributed by atoms with E-state index in [9.17, 15) is 14.4 Å². The molecule has 0 saturated heterocycles. The van der Waals surface area contributed by atoms with Crippen LogP contribution in [0.1, 0.15) is 47.1 Å². The van der Waals surface area contributed by atoms with Crippen LogP contribution in [0.4, 0.5) is 9.59 Å². The topological polar surface area (TPSA) is 103 Å². The highest BCUT2D eigenvalue weighted by molar-refractivity contribution is 5.85. The van der Waals surface area contributed by atoms with Gasteiger partial charge in [-0.05, 0) is 59.2 Å². The molecular weight excluding hydrogens is 364 g/mol. The van der Waals surface area contributed by atoms with Crippen molar-refractivity contribution in [2.24, 2.45) is 0 Å². The van der Waals surface area contributed by atoms with Gasteiger partial charge < -0.3 is 24.8 Å². The number of nitrogens with one attached hydrogen (secondary N) is 2. The quantitative estimate of drug-likeness (QED) is 0.587. The number of hydrogen-bond donors (Lipinski definition) is 2. The Bertz CT molecular complexity index is 686. The number of hydrogen-bond acceptors (Lipinski definition) is 6. The number of ether oxygens (including phenoxy) is 3. The first-order valence-electron chi connectivity index (χ1n) is 9.00. The summed E-state index contributed by atoms with van der Waals surface area (Å²) in [6.45, 7) is 10.5. The van der Waals surface area contributed by atoms with Crippen LogP contribution >= 0.6 is 0 Å². The summed E-state index contributed by atoms with van der Waals surface area (Å²) in [5, 5.41) is 5.08. The minimum atomic E-state index is -0.808. The van der Waals surface area contributed by atoms with Crippen LogP contribution in [0.25, 0.3) is 0 Å². The minimum absolute atomic E-state index is 0.242. The summed E-state index contributed by atoms with van der Waals surface area (Å²) >= 11 is 0. The molecular formula is C20H30N2O6. The number of likely N-dealkylation sites (N-methyl/N-ethyl adjacent to an activating group) is 1. The van der Waals surface area contributed by atoms with Crippen molar-refractivity contribution < 1.29 is 28.6 Å². The molecule has 0 bridgehead atoms. The van der Waals surface area contributed by atoms with E-state index in [4.69, 9.17) is 14.2 Å². The van der Waals surface area contributed by atoms with E-state index in [-0.39, 0.29) is 12.3 Å². The fourth-order valence-electron chi connectivity index (χ4n) is 2.13. The molecule has 156 valence electrons. The first-order valence-corrected chi connectivity index (χ1v) is 9.00. The SMILES string of the molecule is CNC(=O)[C@H](Cc1ccc(OC(=O)OC(C)(C)C)cc1)NC(=O)OC(C)(C)C. The van der Waals surface area contributed by atoms with Crippen LogP contribution in [0, 0.1) is 0 Å². The van der Waals surface area contributed by atoms with Crippen LogP contribution < -0.4 is 15.4 Å². The Balaban J connectivity index is 2.75. The first kappa shape index (κ1) is 23.3. The highest BCUT2D eigenvalue weighted by Gasteiger charge is 2.24. The molecule has 0 aliphatic heterocycles. The summed E-state index contributed by atoms with van der Waals surface area (Å²) in [4.78, 5) is 35.8. The molecule has 1 aromatic rings. The molecule has 28 heavy (non-hydrogen) atoms. The van der Waals surface area contributed by atoms with Crippen molar-refractivity contribution in [3.05, 3.63) is 29.8 Å². The lowest BCUT2D eigenvalue weighted by Crippen LogP contribution is -2.48. The van der Waals surface area contributed by atoms with Crippen molar-refractivity contribution in [3.8, 4) is 5.75 Å². The third kappa shape index (κ3) is 9.25. The van der Waals surface area contributed by atoms with Crippen LogP contribution in [0.5, 0.6) is 5.75 Å². The Morgan fingerprint density at radius 2 is 1.46 bits per heavy atom. The predicted molar refractivity (Wildman–Crippen MR) is 104 cm³/mol. The lowest BCUT2D eigenvalue weighted by Gasteiger charge is -2.23. The Kier molecular flexibility index (Phi) is 7.84. The van der Waals surface area contributed by atoms with Gasteiger partial charge in [-0.15, -0.1) is 0 Å². The Morgan fingerprint density at radius 1 is 0.929 bits per heavy atom. The van der Waals surface area contributed by atoms with E-state index in [1.165, 1.54) is 7.05 Å². The molecule has 0 fully saturated rings. The normalized spacial score (nSPS) is 12.5. The van der Waals surface area contributed by atoms with Crippen molar-refractivity contribution in [1.82, 2.24) is 10.6 Å². The third-order valence-corrected chi connectivity index (χ3v) is 3.21. The smallest absolute Gasteiger partial charge is 0.444 e. The minimum Gasteiger partial charge on any atom is -0.444 e. The number of carbonyl (C=O) groups excluding carboxylic acids is 3. The molecule has 0 saturated carbocycles. The second kappa shape index (κ2) is 9.43. The second-order valence-corrected chi connectivity index (χ2v) is 8.23. The molecule has 0 heterocycles. The number of benzene rings is 1. The predicted octanol–water partition coefficient (Wildman–Crippen LogP) is 3.18. The van der Waals surface area contributed by atoms with Crippen LogP contribution in [0.3, 0.4) is 0 Å².